The van der Waals surface area contributed by atoms with Gasteiger partial charge in [0.15, 0.2) is 0 Å². The molecule has 2 aromatic carbocycles. The van der Waals surface area contributed by atoms with Gasteiger partial charge >= 0.3 is 6.18 Å². The van der Waals surface area contributed by atoms with Gasteiger partial charge in [0.1, 0.15) is 5.54 Å². The van der Waals surface area contributed by atoms with Crippen LogP contribution in [0.25, 0.3) is 5.57 Å². The number of hydrogen-bond acceptors (Lipinski definition) is 2. The highest BCUT2D eigenvalue weighted by molar-refractivity contribution is 6.48. The Labute approximate surface area is 186 Å². The van der Waals surface area contributed by atoms with Crippen LogP contribution in [0.1, 0.15) is 34.3 Å². The highest BCUT2D eigenvalue weighted by Gasteiger charge is 2.44. The van der Waals surface area contributed by atoms with E-state index in [4.69, 9.17) is 40.1 Å². The van der Waals surface area contributed by atoms with Gasteiger partial charge in [0.25, 0.3) is 5.91 Å². The van der Waals surface area contributed by atoms with Crippen LogP contribution in [-0.2, 0) is 6.42 Å². The highest BCUT2D eigenvalue weighted by atomic mass is 35.5. The SMILES string of the molecule is N#CC1(NC(=O)c2ccc(CC=C(c3cc(Cl)c(Cl)c(Cl)c3)C(F)(F)F)cc2)CC1. The van der Waals surface area contributed by atoms with E-state index in [9.17, 15) is 18.0 Å². The monoisotopic (exact) mass is 472 g/mol. The van der Waals surface area contributed by atoms with Crippen molar-refractivity contribution in [2.75, 3.05) is 0 Å². The molecule has 1 N–H and O–H groups in total. The standard InChI is InChI=1S/C21H14Cl3F3N2O/c22-16-9-14(10-17(23)18(16)24)15(21(25,26)27)6-3-12-1-4-13(5-2-12)19(30)29-20(11-28)7-8-20/h1-2,4-6,9-10H,3,7-8H2,(H,29,30). The van der Waals surface area contributed by atoms with Gasteiger partial charge in [-0.25, -0.2) is 0 Å². The number of nitrogens with zero attached hydrogens (tertiary/aromatic N) is 1. The largest absolute Gasteiger partial charge is 0.416 e. The summed E-state index contributed by atoms with van der Waals surface area (Å²) in [4.78, 5) is 12.2. The van der Waals surface area contributed by atoms with Crippen LogP contribution in [0.2, 0.25) is 15.1 Å². The Bertz CT molecular complexity index is 1030. The Morgan fingerprint density at radius 3 is 2.13 bits per heavy atom. The molecule has 1 amide bonds. The molecule has 3 nitrogen and oxygen atoms in total. The van der Waals surface area contributed by atoms with E-state index in [1.807, 2.05) is 0 Å². The van der Waals surface area contributed by atoms with Crippen LogP contribution in [0.4, 0.5) is 13.2 Å². The molecule has 0 saturated heterocycles. The quantitative estimate of drug-likeness (QED) is 0.496. The van der Waals surface area contributed by atoms with Gasteiger partial charge in [-0.3, -0.25) is 4.79 Å². The second-order valence-electron chi connectivity index (χ2n) is 6.92. The number of hydrogen-bond donors (Lipinski definition) is 1. The fourth-order valence-corrected chi connectivity index (χ4v) is 3.40. The topological polar surface area (TPSA) is 52.9 Å². The fraction of sp³-hybridized carbons (Fsp3) is 0.238. The third-order valence-electron chi connectivity index (χ3n) is 4.68. The number of allylic oxidation sites excluding steroid dienone is 2. The van der Waals surface area contributed by atoms with Crippen molar-refractivity contribution in [3.05, 3.63) is 74.2 Å². The van der Waals surface area contributed by atoms with Crippen molar-refractivity contribution in [3.8, 4) is 6.07 Å². The molecule has 0 aromatic heterocycles. The molecule has 30 heavy (non-hydrogen) atoms. The first-order valence-corrected chi connectivity index (χ1v) is 9.93. The lowest BCUT2D eigenvalue weighted by molar-refractivity contribution is -0.0690. The van der Waals surface area contributed by atoms with Crippen molar-refractivity contribution in [1.82, 2.24) is 5.32 Å². The summed E-state index contributed by atoms with van der Waals surface area (Å²) in [6, 6.07) is 10.4. The zero-order valence-corrected chi connectivity index (χ0v) is 17.6. The lowest BCUT2D eigenvalue weighted by atomic mass is 10.0. The lowest BCUT2D eigenvalue weighted by Gasteiger charge is -2.14. The van der Waals surface area contributed by atoms with E-state index < -0.39 is 23.2 Å². The molecule has 2 aromatic rings. The Hall–Kier alpha value is -2.20. The summed E-state index contributed by atoms with van der Waals surface area (Å²) >= 11 is 17.6. The van der Waals surface area contributed by atoms with E-state index >= 15 is 0 Å². The lowest BCUT2D eigenvalue weighted by Crippen LogP contribution is -2.35. The van der Waals surface area contributed by atoms with Crippen LogP contribution >= 0.6 is 34.8 Å². The molecule has 0 radical (unpaired) electrons. The van der Waals surface area contributed by atoms with E-state index in [0.717, 1.165) is 18.2 Å². The Morgan fingerprint density at radius 1 is 1.10 bits per heavy atom. The molecule has 1 aliphatic carbocycles. The normalized spacial score (nSPS) is 15.4. The first-order valence-electron chi connectivity index (χ1n) is 8.80. The van der Waals surface area contributed by atoms with Crippen LogP contribution in [0.5, 0.6) is 0 Å². The molecule has 3 rings (SSSR count). The smallest absolute Gasteiger partial charge is 0.334 e. The second-order valence-corrected chi connectivity index (χ2v) is 8.11. The minimum absolute atomic E-state index is 0.0122. The first-order chi connectivity index (χ1) is 14.0. The molecule has 0 bridgehead atoms. The predicted octanol–water partition coefficient (Wildman–Crippen LogP) is 6.62. The molecule has 0 unspecified atom stereocenters. The molecule has 0 spiro atoms. The summed E-state index contributed by atoms with van der Waals surface area (Å²) in [7, 11) is 0. The van der Waals surface area contributed by atoms with Gasteiger partial charge in [0.05, 0.1) is 26.7 Å². The maximum atomic E-state index is 13.6. The Kier molecular flexibility index (Phi) is 6.37. The summed E-state index contributed by atoms with van der Waals surface area (Å²) in [6.45, 7) is 0. The van der Waals surface area contributed by atoms with E-state index in [-0.39, 0.29) is 27.1 Å². The molecule has 156 valence electrons. The second kappa shape index (κ2) is 8.50. The van der Waals surface area contributed by atoms with Gasteiger partial charge in [-0.05, 0) is 54.7 Å². The molecular weight excluding hydrogens is 460 g/mol. The number of nitrogens with one attached hydrogen (secondary N) is 1. The van der Waals surface area contributed by atoms with Crippen molar-refractivity contribution < 1.29 is 18.0 Å². The summed E-state index contributed by atoms with van der Waals surface area (Å²) in [5.41, 5.74) is -0.975. The van der Waals surface area contributed by atoms with Crippen LogP contribution in [0.3, 0.4) is 0 Å². The predicted molar refractivity (Wildman–Crippen MR) is 111 cm³/mol. The van der Waals surface area contributed by atoms with E-state index in [0.29, 0.717) is 24.0 Å². The van der Waals surface area contributed by atoms with Crippen molar-refractivity contribution in [1.29, 1.82) is 5.26 Å². The molecule has 1 saturated carbocycles. The van der Waals surface area contributed by atoms with Crippen LogP contribution in [-0.4, -0.2) is 17.6 Å². The van der Waals surface area contributed by atoms with Crippen molar-refractivity contribution in [2.24, 2.45) is 0 Å². The van der Waals surface area contributed by atoms with Crippen LogP contribution < -0.4 is 5.32 Å². The minimum atomic E-state index is -4.63. The van der Waals surface area contributed by atoms with Crippen molar-refractivity contribution in [3.63, 3.8) is 0 Å². The third-order valence-corrected chi connectivity index (χ3v) is 5.87. The van der Waals surface area contributed by atoms with Gasteiger partial charge in [-0.1, -0.05) is 53.0 Å². The number of carbonyl (C=O) groups excluding carboxylic acids is 1. The Morgan fingerprint density at radius 2 is 1.67 bits per heavy atom. The van der Waals surface area contributed by atoms with Crippen LogP contribution in [0, 0.1) is 11.3 Å². The number of halogens is 6. The molecular formula is C21H14Cl3F3N2O. The average molecular weight is 474 g/mol. The summed E-state index contributed by atoms with van der Waals surface area (Å²) in [5, 5.41) is 11.5. The molecule has 0 aliphatic heterocycles. The summed E-state index contributed by atoms with van der Waals surface area (Å²) in [5.74, 6) is -0.391. The van der Waals surface area contributed by atoms with E-state index in [1.165, 1.54) is 12.1 Å². The summed E-state index contributed by atoms with van der Waals surface area (Å²) < 4.78 is 40.7. The average Bonchev–Trinajstić information content (AvgIpc) is 3.45. The van der Waals surface area contributed by atoms with E-state index in [1.54, 1.807) is 12.1 Å². The van der Waals surface area contributed by atoms with Gasteiger partial charge < -0.3 is 5.32 Å². The van der Waals surface area contributed by atoms with Gasteiger partial charge in [-0.15, -0.1) is 0 Å². The highest BCUT2D eigenvalue weighted by Crippen LogP contribution is 2.39. The molecule has 0 atom stereocenters. The number of carbonyl (C=O) groups is 1. The number of benzene rings is 2. The molecule has 1 fully saturated rings. The minimum Gasteiger partial charge on any atom is -0.334 e. The van der Waals surface area contributed by atoms with Gasteiger partial charge in [0, 0.05) is 5.56 Å². The van der Waals surface area contributed by atoms with Crippen molar-refractivity contribution >= 4 is 46.3 Å². The Balaban J connectivity index is 1.79. The zero-order valence-electron chi connectivity index (χ0n) is 15.3. The molecule has 9 heteroatoms. The number of alkyl halides is 3. The maximum absolute atomic E-state index is 13.6. The number of amides is 1. The van der Waals surface area contributed by atoms with Crippen LogP contribution in [0.15, 0.2) is 42.5 Å². The van der Waals surface area contributed by atoms with Gasteiger partial charge in [0.2, 0.25) is 0 Å². The van der Waals surface area contributed by atoms with Crippen molar-refractivity contribution in [2.45, 2.75) is 31.0 Å². The molecule has 1 aliphatic rings. The zero-order chi connectivity index (χ0) is 22.1. The maximum Gasteiger partial charge on any atom is 0.416 e. The first kappa shape index (κ1) is 22.5. The fourth-order valence-electron chi connectivity index (χ4n) is 2.80. The van der Waals surface area contributed by atoms with E-state index in [2.05, 4.69) is 11.4 Å². The third kappa shape index (κ3) is 5.10. The van der Waals surface area contributed by atoms with Gasteiger partial charge in [-0.2, -0.15) is 18.4 Å². The number of nitriles is 1. The summed E-state index contributed by atoms with van der Waals surface area (Å²) in [6.07, 6.45) is -2.42. The molecule has 0 heterocycles. The number of rotatable bonds is 5.